The van der Waals surface area contributed by atoms with Gasteiger partial charge in [0.05, 0.1) is 0 Å². The smallest absolute Gasteiger partial charge is 0.178 e. The normalized spacial score (nSPS) is 12.8. The standard InChI is InChI=1S/C12H30OSi2.C7H11IO/c1-11(2,3)14(7,8)13-15(9,10)12(4,5)6;8-6-4-2-1-3-5-7-9/h1-10H3;2-3,9H,4-7H2. The van der Waals surface area contributed by atoms with Crippen molar-refractivity contribution in [3.63, 3.8) is 0 Å². The lowest BCUT2D eigenvalue weighted by Crippen LogP contribution is -2.53. The summed E-state index contributed by atoms with van der Waals surface area (Å²) < 4.78 is 7.77. The van der Waals surface area contributed by atoms with E-state index in [0.717, 1.165) is 17.3 Å². The summed E-state index contributed by atoms with van der Waals surface area (Å²) in [6, 6.07) is 0. The minimum Gasteiger partial charge on any atom is -0.455 e. The minimum atomic E-state index is -1.59. The van der Waals surface area contributed by atoms with E-state index in [9.17, 15) is 0 Å². The molecule has 0 aromatic heterocycles. The fourth-order valence-electron chi connectivity index (χ4n) is 1.31. The fourth-order valence-corrected chi connectivity index (χ4v) is 9.18. The lowest BCUT2D eigenvalue weighted by atomic mass is 10.2. The summed E-state index contributed by atoms with van der Waals surface area (Å²) in [5, 5.41) is 8.98. The maximum atomic E-state index is 8.34. The largest absolute Gasteiger partial charge is 0.455 e. The van der Waals surface area contributed by atoms with E-state index in [0.29, 0.717) is 10.1 Å². The summed E-state index contributed by atoms with van der Waals surface area (Å²) in [5.74, 6) is 0. The number of aliphatic hydroxyl groups is 1. The van der Waals surface area contributed by atoms with Crippen LogP contribution >= 0.6 is 22.6 Å². The predicted octanol–water partition coefficient (Wildman–Crippen LogP) is 6.92. The SMILES string of the molecule is CC(C)(C)[Si](C)(C)O[Si](C)(C)C(C)(C)C.OCCC=C=CCCI. The molecule has 1 N–H and O–H groups in total. The Bertz CT molecular complexity index is 365. The lowest BCUT2D eigenvalue weighted by Gasteiger charge is -2.47. The highest BCUT2D eigenvalue weighted by Gasteiger charge is 2.46. The van der Waals surface area contributed by atoms with Gasteiger partial charge in [0.2, 0.25) is 0 Å². The molecule has 0 atom stereocenters. The summed E-state index contributed by atoms with van der Waals surface area (Å²) in [6.07, 6.45) is 5.63. The van der Waals surface area contributed by atoms with Gasteiger partial charge in [0, 0.05) is 11.0 Å². The quantitative estimate of drug-likeness (QED) is 0.192. The third-order valence-corrected chi connectivity index (χ3v) is 16.8. The zero-order chi connectivity index (χ0) is 19.7. The molecule has 0 bridgehead atoms. The molecule has 5 heteroatoms. The summed E-state index contributed by atoms with van der Waals surface area (Å²) in [6.45, 7) is 23.5. The Labute approximate surface area is 167 Å². The molecule has 0 aliphatic heterocycles. The molecule has 0 unspecified atom stereocenters. The minimum absolute atomic E-state index is 0.227. The zero-order valence-corrected chi connectivity index (χ0v) is 21.9. The second-order valence-electron chi connectivity index (χ2n) is 9.19. The van der Waals surface area contributed by atoms with Gasteiger partial charge < -0.3 is 9.22 Å². The number of hydrogen-bond donors (Lipinski definition) is 1. The van der Waals surface area contributed by atoms with Crippen LogP contribution in [0.15, 0.2) is 17.9 Å². The molecular formula is C19H41IO2Si2. The second-order valence-corrected chi connectivity index (χ2v) is 20.1. The van der Waals surface area contributed by atoms with Crippen LogP contribution in [-0.4, -0.2) is 32.8 Å². The Hall–Kier alpha value is 0.604. The Kier molecular flexibility index (Phi) is 12.7. The van der Waals surface area contributed by atoms with Crippen LogP contribution in [0.2, 0.25) is 36.3 Å². The molecule has 0 saturated heterocycles. The van der Waals surface area contributed by atoms with Crippen molar-refractivity contribution in [3.8, 4) is 0 Å². The van der Waals surface area contributed by atoms with Gasteiger partial charge in [-0.2, -0.15) is 0 Å². The third kappa shape index (κ3) is 11.3. The highest BCUT2D eigenvalue weighted by Crippen LogP contribution is 2.44. The Morgan fingerprint density at radius 2 is 1.25 bits per heavy atom. The number of aliphatic hydroxyl groups excluding tert-OH is 1. The first kappa shape index (κ1) is 26.8. The lowest BCUT2D eigenvalue weighted by molar-refractivity contribution is 0.302. The molecule has 0 radical (unpaired) electrons. The monoisotopic (exact) mass is 484 g/mol. The molecule has 0 spiro atoms. The van der Waals surface area contributed by atoms with E-state index in [-0.39, 0.29) is 6.61 Å². The molecule has 24 heavy (non-hydrogen) atoms. The van der Waals surface area contributed by atoms with Gasteiger partial charge in [-0.1, -0.05) is 64.1 Å². The molecule has 0 saturated carbocycles. The van der Waals surface area contributed by atoms with Crippen LogP contribution < -0.4 is 0 Å². The average Bonchev–Trinajstić information content (AvgIpc) is 2.35. The van der Waals surface area contributed by atoms with Crippen LogP contribution in [-0.2, 0) is 4.12 Å². The zero-order valence-electron chi connectivity index (χ0n) is 17.7. The van der Waals surface area contributed by atoms with E-state index in [1.807, 2.05) is 12.2 Å². The predicted molar refractivity (Wildman–Crippen MR) is 123 cm³/mol. The van der Waals surface area contributed by atoms with Crippen molar-refractivity contribution >= 4 is 39.2 Å². The Morgan fingerprint density at radius 3 is 1.54 bits per heavy atom. The summed E-state index contributed by atoms with van der Waals surface area (Å²) in [7, 11) is -3.18. The van der Waals surface area contributed by atoms with Crippen molar-refractivity contribution in [2.24, 2.45) is 0 Å². The Balaban J connectivity index is 0. The molecule has 0 aliphatic carbocycles. The third-order valence-electron chi connectivity index (χ3n) is 4.89. The van der Waals surface area contributed by atoms with Crippen LogP contribution in [0, 0.1) is 0 Å². The number of halogens is 1. The molecule has 2 nitrogen and oxygen atoms in total. The van der Waals surface area contributed by atoms with Gasteiger partial charge >= 0.3 is 0 Å². The van der Waals surface area contributed by atoms with E-state index >= 15 is 0 Å². The first-order valence-electron chi connectivity index (χ1n) is 8.89. The van der Waals surface area contributed by atoms with Gasteiger partial charge in [0.1, 0.15) is 0 Å². The number of hydrogen-bond acceptors (Lipinski definition) is 2. The molecule has 0 rings (SSSR count). The van der Waals surface area contributed by atoms with Gasteiger partial charge in [-0.05, 0) is 61.3 Å². The number of rotatable bonds is 6. The first-order chi connectivity index (χ1) is 10.6. The van der Waals surface area contributed by atoms with Crippen LogP contribution in [0.5, 0.6) is 0 Å². The summed E-state index contributed by atoms with van der Waals surface area (Å²) in [5.41, 5.74) is 2.97. The first-order valence-corrected chi connectivity index (χ1v) is 16.2. The molecule has 0 aliphatic rings. The molecule has 0 amide bonds. The van der Waals surface area contributed by atoms with Gasteiger partial charge in [0.15, 0.2) is 16.6 Å². The van der Waals surface area contributed by atoms with Crippen LogP contribution in [0.3, 0.4) is 0 Å². The maximum absolute atomic E-state index is 8.34. The molecule has 0 aromatic carbocycles. The number of alkyl halides is 1. The highest BCUT2D eigenvalue weighted by atomic mass is 127. The van der Waals surface area contributed by atoms with E-state index < -0.39 is 16.6 Å². The van der Waals surface area contributed by atoms with Crippen LogP contribution in [0.4, 0.5) is 0 Å². The summed E-state index contributed by atoms with van der Waals surface area (Å²) in [4.78, 5) is 0. The van der Waals surface area contributed by atoms with Crippen molar-refractivity contribution in [3.05, 3.63) is 17.9 Å². The Morgan fingerprint density at radius 1 is 0.875 bits per heavy atom. The van der Waals surface area contributed by atoms with E-state index in [1.54, 1.807) is 0 Å². The van der Waals surface area contributed by atoms with Gasteiger partial charge in [-0.3, -0.25) is 0 Å². The summed E-state index contributed by atoms with van der Waals surface area (Å²) >= 11 is 2.31. The van der Waals surface area contributed by atoms with E-state index in [4.69, 9.17) is 9.22 Å². The van der Waals surface area contributed by atoms with Gasteiger partial charge in [-0.25, -0.2) is 0 Å². The maximum Gasteiger partial charge on any atom is 0.178 e. The van der Waals surface area contributed by atoms with Crippen molar-refractivity contribution in [2.75, 3.05) is 11.0 Å². The van der Waals surface area contributed by atoms with E-state index in [1.165, 1.54) is 0 Å². The topological polar surface area (TPSA) is 29.5 Å². The highest BCUT2D eigenvalue weighted by molar-refractivity contribution is 14.1. The molecule has 0 fully saturated rings. The van der Waals surface area contributed by atoms with E-state index in [2.05, 4.69) is 96.1 Å². The molecule has 144 valence electrons. The molecule has 0 aromatic rings. The van der Waals surface area contributed by atoms with Crippen LogP contribution in [0.25, 0.3) is 0 Å². The van der Waals surface area contributed by atoms with Crippen molar-refractivity contribution in [2.45, 2.75) is 90.6 Å². The van der Waals surface area contributed by atoms with Gasteiger partial charge in [-0.15, -0.1) is 5.73 Å². The molecule has 0 heterocycles. The fraction of sp³-hybridized carbons (Fsp3) is 0.842. The average molecular weight is 485 g/mol. The molecular weight excluding hydrogens is 443 g/mol. The van der Waals surface area contributed by atoms with Gasteiger partial charge in [0.25, 0.3) is 0 Å². The van der Waals surface area contributed by atoms with Crippen molar-refractivity contribution in [1.29, 1.82) is 0 Å². The second kappa shape index (κ2) is 11.3. The van der Waals surface area contributed by atoms with Crippen molar-refractivity contribution in [1.82, 2.24) is 0 Å². The van der Waals surface area contributed by atoms with Crippen molar-refractivity contribution < 1.29 is 9.22 Å². The van der Waals surface area contributed by atoms with Crippen LogP contribution in [0.1, 0.15) is 54.4 Å².